The Morgan fingerprint density at radius 3 is 1.79 bits per heavy atom. The Hall–Kier alpha value is -5.06. The van der Waals surface area contributed by atoms with Crippen molar-refractivity contribution in [1.29, 1.82) is 0 Å². The summed E-state index contributed by atoms with van der Waals surface area (Å²) < 4.78 is 10.5. The number of nitrogens with zero attached hydrogens (tertiary/aromatic N) is 2. The number of aliphatic carboxylic acids is 1. The molecule has 250 valence electrons. The van der Waals surface area contributed by atoms with E-state index in [9.17, 15) is 14.7 Å². The van der Waals surface area contributed by atoms with E-state index in [-0.39, 0.29) is 45.2 Å². The van der Waals surface area contributed by atoms with Crippen LogP contribution in [0.2, 0.25) is 0 Å². The maximum Gasteiger partial charge on any atom is 0.306 e. The van der Waals surface area contributed by atoms with E-state index in [1.165, 1.54) is 0 Å². The first kappa shape index (κ1) is 34.3. The van der Waals surface area contributed by atoms with E-state index in [0.717, 1.165) is 78.0 Å². The van der Waals surface area contributed by atoms with Gasteiger partial charge in [0.15, 0.2) is 0 Å². The number of esters is 1. The van der Waals surface area contributed by atoms with Gasteiger partial charge in [0.25, 0.3) is 0 Å². The molecule has 10 nitrogen and oxygen atoms in total. The van der Waals surface area contributed by atoms with Gasteiger partial charge in [-0.1, -0.05) is 25.3 Å². The van der Waals surface area contributed by atoms with Crippen molar-refractivity contribution in [3.8, 4) is 0 Å². The molecule has 0 aromatic carbocycles. The van der Waals surface area contributed by atoms with E-state index in [0.29, 0.717) is 24.2 Å². The summed E-state index contributed by atoms with van der Waals surface area (Å²) in [6, 6.07) is 7.96. The molecule has 2 aliphatic heterocycles. The minimum absolute atomic E-state index is 0.0418. The standard InChI is InChI=1S/C38H42N4O6/c1-7-25-21(3)29-17-30-23(5)27(9-11-37(44)45)35(41-30)20-36-28(10-12-38(46)48-16-15-47-14-13-43)24(6)32(42-36)19-34-26(8-2)22(4)31(40-34)18-33(25)39-29/h7-8,17-20,39-40,43H,1-2,9-16H2,3-6H3,(H,44,45). The van der Waals surface area contributed by atoms with Crippen LogP contribution in [0.5, 0.6) is 0 Å². The monoisotopic (exact) mass is 650 g/mol. The molecule has 0 atom stereocenters. The number of carbonyl (C=O) groups is 2. The van der Waals surface area contributed by atoms with E-state index in [2.05, 4.69) is 36.1 Å². The fourth-order valence-corrected chi connectivity index (χ4v) is 6.22. The Morgan fingerprint density at radius 2 is 1.25 bits per heavy atom. The number of aliphatic hydroxyl groups is 1. The van der Waals surface area contributed by atoms with Crippen LogP contribution in [0, 0.1) is 13.8 Å². The minimum Gasteiger partial charge on any atom is -0.481 e. The van der Waals surface area contributed by atoms with Crippen molar-refractivity contribution in [2.45, 2.75) is 53.4 Å². The van der Waals surface area contributed by atoms with Gasteiger partial charge in [-0.05, 0) is 98.2 Å². The number of H-pyrrole nitrogens is 2. The summed E-state index contributed by atoms with van der Waals surface area (Å²) in [7, 11) is 0. The van der Waals surface area contributed by atoms with E-state index in [4.69, 9.17) is 24.5 Å². The lowest BCUT2D eigenvalue weighted by molar-refractivity contribution is -0.145. The number of aryl methyl sites for hydroxylation is 2. The number of carboxylic acids is 1. The Bertz CT molecular complexity index is 2030. The third-order valence-electron chi connectivity index (χ3n) is 8.94. The average Bonchev–Trinajstić information content (AvgIpc) is 3.71. The minimum atomic E-state index is -0.889. The van der Waals surface area contributed by atoms with E-state index >= 15 is 0 Å². The molecule has 0 saturated carbocycles. The third kappa shape index (κ3) is 7.10. The fraction of sp³-hybridized carbons (Fsp3) is 0.316. The van der Waals surface area contributed by atoms with E-state index in [1.54, 1.807) is 0 Å². The highest BCUT2D eigenvalue weighted by molar-refractivity contribution is 5.97. The zero-order valence-corrected chi connectivity index (χ0v) is 28.0. The number of ether oxygens (including phenoxy) is 2. The Balaban J connectivity index is 1.73. The number of rotatable bonds is 13. The first-order valence-corrected chi connectivity index (χ1v) is 16.0. The highest BCUT2D eigenvalue weighted by Crippen LogP contribution is 2.38. The number of aromatic nitrogens is 4. The Morgan fingerprint density at radius 1 is 0.729 bits per heavy atom. The second kappa shape index (κ2) is 14.8. The Labute approximate surface area is 279 Å². The van der Waals surface area contributed by atoms with Gasteiger partial charge in [-0.25, -0.2) is 9.97 Å². The number of carboxylic acid groups (broad SMARTS) is 1. The Kier molecular flexibility index (Phi) is 10.6. The average molecular weight is 651 g/mol. The largest absolute Gasteiger partial charge is 0.481 e. The van der Waals surface area contributed by atoms with Gasteiger partial charge in [0.2, 0.25) is 0 Å². The van der Waals surface area contributed by atoms with Crippen LogP contribution in [0.25, 0.3) is 56.5 Å². The molecule has 0 aliphatic carbocycles. The summed E-state index contributed by atoms with van der Waals surface area (Å²) >= 11 is 0. The summed E-state index contributed by atoms with van der Waals surface area (Å²) in [5, 5.41) is 18.4. The molecule has 2 aliphatic rings. The number of allylic oxidation sites excluding steroid dienone is 4. The van der Waals surface area contributed by atoms with Crippen LogP contribution in [0.15, 0.2) is 37.4 Å². The quantitative estimate of drug-likeness (QED) is 0.111. The lowest BCUT2D eigenvalue weighted by Gasteiger charge is -2.07. The zero-order chi connectivity index (χ0) is 34.5. The molecule has 8 bridgehead atoms. The zero-order valence-electron chi connectivity index (χ0n) is 28.0. The van der Waals surface area contributed by atoms with Crippen LogP contribution in [0.3, 0.4) is 0 Å². The van der Waals surface area contributed by atoms with Gasteiger partial charge < -0.3 is 29.7 Å². The second-order valence-electron chi connectivity index (χ2n) is 11.9. The molecule has 48 heavy (non-hydrogen) atoms. The van der Waals surface area contributed by atoms with Crippen LogP contribution in [-0.2, 0) is 19.1 Å². The normalized spacial score (nSPS) is 12.9. The van der Waals surface area contributed by atoms with Gasteiger partial charge in [0, 0.05) is 46.0 Å². The number of carbonyl (C=O) groups excluding carboxylic acids is 1. The van der Waals surface area contributed by atoms with Crippen LogP contribution >= 0.6 is 0 Å². The van der Waals surface area contributed by atoms with Gasteiger partial charge in [-0.15, -0.1) is 0 Å². The highest BCUT2D eigenvalue weighted by atomic mass is 16.6. The van der Waals surface area contributed by atoms with Crippen molar-refractivity contribution >= 4 is 68.4 Å². The van der Waals surface area contributed by atoms with Crippen molar-refractivity contribution in [2.75, 3.05) is 26.4 Å². The first-order valence-electron chi connectivity index (χ1n) is 16.0. The van der Waals surface area contributed by atoms with Gasteiger partial charge in [0.05, 0.1) is 42.6 Å². The van der Waals surface area contributed by atoms with Crippen LogP contribution in [0.1, 0.15) is 84.6 Å². The number of nitrogens with one attached hydrogen (secondary N) is 2. The first-order chi connectivity index (χ1) is 23.1. The molecule has 0 amide bonds. The number of hydrogen-bond donors (Lipinski definition) is 4. The van der Waals surface area contributed by atoms with Crippen molar-refractivity contribution < 1.29 is 29.3 Å². The van der Waals surface area contributed by atoms with Crippen LogP contribution in [0.4, 0.5) is 0 Å². The highest BCUT2D eigenvalue weighted by Gasteiger charge is 2.23. The van der Waals surface area contributed by atoms with Crippen molar-refractivity contribution in [3.05, 3.63) is 82.5 Å². The topological polar surface area (TPSA) is 150 Å². The summed E-state index contributed by atoms with van der Waals surface area (Å²) in [5.41, 5.74) is 13.8. The molecule has 0 radical (unpaired) electrons. The number of aromatic amines is 2. The molecular weight excluding hydrogens is 608 g/mol. The number of aliphatic hydroxyl groups excluding tert-OH is 1. The van der Waals surface area contributed by atoms with Crippen molar-refractivity contribution in [1.82, 2.24) is 19.9 Å². The number of hydrogen-bond acceptors (Lipinski definition) is 7. The molecule has 3 aromatic heterocycles. The fourth-order valence-electron chi connectivity index (χ4n) is 6.22. The summed E-state index contributed by atoms with van der Waals surface area (Å²) in [4.78, 5) is 41.5. The lowest BCUT2D eigenvalue weighted by atomic mass is 9.98. The number of fused-ring (bicyclic) bond motifs is 8. The summed E-state index contributed by atoms with van der Waals surface area (Å²) in [6.45, 7) is 16.6. The molecular formula is C38H42N4O6. The van der Waals surface area contributed by atoms with Gasteiger partial charge in [0.1, 0.15) is 6.61 Å². The SMILES string of the molecule is C=Cc1c(C)c2cc3[nH]c(cc4nc(cc5nc(cc1[nH]2)C(C)=C5CCC(=O)OCCOCCO)C(CCC(=O)O)=C4C)c(C)c3C=C. The van der Waals surface area contributed by atoms with Gasteiger partial charge >= 0.3 is 11.9 Å². The lowest BCUT2D eigenvalue weighted by Crippen LogP contribution is -2.12. The van der Waals surface area contributed by atoms with Gasteiger partial charge in [-0.2, -0.15) is 0 Å². The summed E-state index contributed by atoms with van der Waals surface area (Å²) in [5.74, 6) is -1.26. The molecule has 0 saturated heterocycles. The maximum atomic E-state index is 12.7. The molecule has 5 rings (SSSR count). The summed E-state index contributed by atoms with van der Waals surface area (Å²) in [6.07, 6.45) is 4.44. The maximum absolute atomic E-state index is 12.7. The molecule has 4 N–H and O–H groups in total. The molecule has 10 heteroatoms. The molecule has 5 heterocycles. The molecule has 0 unspecified atom stereocenters. The van der Waals surface area contributed by atoms with Crippen molar-refractivity contribution in [2.24, 2.45) is 0 Å². The molecule has 0 spiro atoms. The third-order valence-corrected chi connectivity index (χ3v) is 8.94. The predicted octanol–water partition coefficient (Wildman–Crippen LogP) is 7.28. The van der Waals surface area contributed by atoms with Crippen LogP contribution < -0.4 is 0 Å². The van der Waals surface area contributed by atoms with E-state index in [1.807, 2.05) is 51.1 Å². The second-order valence-corrected chi connectivity index (χ2v) is 11.9. The van der Waals surface area contributed by atoms with Gasteiger partial charge in [-0.3, -0.25) is 9.59 Å². The predicted molar refractivity (Wildman–Crippen MR) is 191 cm³/mol. The molecule has 0 fully saturated rings. The van der Waals surface area contributed by atoms with Crippen molar-refractivity contribution in [3.63, 3.8) is 0 Å². The van der Waals surface area contributed by atoms with Crippen LogP contribution in [-0.4, -0.2) is 68.5 Å². The van der Waals surface area contributed by atoms with E-state index < -0.39 is 5.97 Å². The molecule has 3 aromatic rings. The smallest absolute Gasteiger partial charge is 0.306 e.